The molecule has 8 rings (SSSR count). The number of nitrogens with one attached hydrogen (secondary N) is 5. The number of fused-ring (bicyclic) bond motifs is 1. The predicted molar refractivity (Wildman–Crippen MR) is 508 cm³/mol. The molecule has 33 nitrogen and oxygen atoms in total. The van der Waals surface area contributed by atoms with Gasteiger partial charge in [0, 0.05) is 152 Å². The molecule has 3 aromatic heterocycles. The molecule has 2 aliphatic rings. The molecule has 3 aromatic carbocycles. The molecule has 37 heteroatoms. The van der Waals surface area contributed by atoms with E-state index in [1.165, 1.54) is 63.9 Å². The number of Topliss-reactive ketones (excluding diaryl/α,β-unsaturated/α-hetero) is 4. The van der Waals surface area contributed by atoms with E-state index in [4.69, 9.17) is 20.2 Å². The Balaban J connectivity index is 0.000000361. The second-order valence-electron chi connectivity index (χ2n) is 33.5. The van der Waals surface area contributed by atoms with Crippen molar-refractivity contribution in [2.75, 3.05) is 111 Å². The van der Waals surface area contributed by atoms with Crippen molar-refractivity contribution >= 4 is 144 Å². The minimum Gasteiger partial charge on any atom is -0.480 e. The van der Waals surface area contributed by atoms with E-state index in [0.29, 0.717) is 67.5 Å². The number of imide groups is 1. The number of likely N-dealkylation sites (tertiary alicyclic amines) is 2. The number of rotatable bonds is 52. The fraction of sp³-hybridized carbons (Fsp3) is 0.570. The number of anilines is 2. The number of aryl methyl sites for hydroxylation is 1. The first-order valence-corrected chi connectivity index (χ1v) is 48.7. The van der Waals surface area contributed by atoms with E-state index in [0.717, 1.165) is 46.9 Å². The predicted octanol–water partition coefficient (Wildman–Crippen LogP) is 11.0. The lowest BCUT2D eigenvalue weighted by Crippen LogP contribution is -2.54. The molecule has 8 amide bonds. The van der Waals surface area contributed by atoms with Gasteiger partial charge in [0.2, 0.25) is 41.4 Å². The fourth-order valence-corrected chi connectivity index (χ4v) is 18.7. The van der Waals surface area contributed by atoms with Crippen LogP contribution in [0.3, 0.4) is 0 Å². The number of hydrogen-bond donors (Lipinski definition) is 7. The van der Waals surface area contributed by atoms with Crippen molar-refractivity contribution in [3.63, 3.8) is 0 Å². The number of nitrogens with two attached hydrogens (primary N) is 1. The number of benzene rings is 3. The molecule has 0 aliphatic carbocycles. The number of nitrogens with zero attached hydrogens (tertiary/aromatic N) is 9. The number of ketones is 4. The molecule has 2 aliphatic heterocycles. The zero-order valence-corrected chi connectivity index (χ0v) is 81.1. The van der Waals surface area contributed by atoms with Crippen LogP contribution < -0.4 is 32.6 Å². The smallest absolute Gasteiger partial charge is 0.409 e. The number of aromatic nitrogens is 5. The van der Waals surface area contributed by atoms with Crippen molar-refractivity contribution in [3.8, 4) is 0 Å². The van der Waals surface area contributed by atoms with E-state index in [9.17, 15) is 72.2 Å². The number of carboxylic acid groups (broad SMARTS) is 1. The summed E-state index contributed by atoms with van der Waals surface area (Å²) in [6, 6.07) is 24.4. The molecule has 11 atom stereocenters. The van der Waals surface area contributed by atoms with Gasteiger partial charge < -0.3 is 65.9 Å². The van der Waals surface area contributed by atoms with Gasteiger partial charge in [0.25, 0.3) is 11.5 Å². The Morgan fingerprint density at radius 3 is 2.06 bits per heavy atom. The van der Waals surface area contributed by atoms with Crippen LogP contribution in [0.25, 0.3) is 11.2 Å². The van der Waals surface area contributed by atoms with E-state index in [1.807, 2.05) is 88.2 Å². The minimum absolute atomic E-state index is 0.00876. The standard InChI is InChI=1S/C53H77N3O7S.C34H43N11O9S.C6H13NO2S2/c1-12-36(6)50(55(9)53(61)42(35(4)5)31-47(59)37(7)34(2)3)48(62-10)32-49(60)56-28-20-26-44(56)51(63-11)38(8)46(58)30-41(29-40-23-17-14-18-24-40)52-54-43(33-64-52)45(57)27-19-25-39-21-15-13-16-22-39;1-44(2)26(48)4-3-11-37-25(47)18-45-27(49)14-24(32(45)52)55-13-12-36-17-22(46)9-10-23(33(53)54)41-30(50)19-5-7-20(8-6-19)38-15-21-16-39-29-28(40-21)31(51)43-34(35)42-29;1-4-10-11-5-7(2)6(8)9-3/h13-18,21-24,33-38,41-42,44,48,50-51H,12,19-20,25-32H2,1-11H3;5-8,16,23-24,36,38H,3-4,9-15,17-18H2,1-2H3,(H,37,47)(H,41,50)(H,53,54)(H3,35,39,42,43,51);4-5H2,1-3H3/t36-,37-,38-,41+,42-,44-,48+,50-,51+;;/m0../s1. The number of carbonyl (C=O) groups is 13. The van der Waals surface area contributed by atoms with Crippen molar-refractivity contribution in [3.05, 3.63) is 140 Å². The van der Waals surface area contributed by atoms with E-state index < -0.39 is 83.1 Å². The summed E-state index contributed by atoms with van der Waals surface area (Å²) in [6.07, 6.45) is 5.68. The highest BCUT2D eigenvalue weighted by atomic mass is 33.1. The summed E-state index contributed by atoms with van der Waals surface area (Å²) in [4.78, 5) is 206. The molecule has 0 saturated carbocycles. The monoisotopic (exact) mass is 1880 g/mol. The summed E-state index contributed by atoms with van der Waals surface area (Å²) in [5, 5.41) is 22.7. The Morgan fingerprint density at radius 2 is 1.44 bits per heavy atom. The third-order valence-electron chi connectivity index (χ3n) is 23.2. The second kappa shape index (κ2) is 56.0. The molecule has 2 fully saturated rings. The van der Waals surface area contributed by atoms with Gasteiger partial charge in [-0.1, -0.05) is 151 Å². The molecule has 8 N–H and O–H groups in total. The van der Waals surface area contributed by atoms with Gasteiger partial charge in [-0.15, -0.1) is 23.1 Å². The molecule has 0 radical (unpaired) electrons. The van der Waals surface area contributed by atoms with Crippen LogP contribution in [0.5, 0.6) is 0 Å². The van der Waals surface area contributed by atoms with Crippen LogP contribution in [0.2, 0.25) is 0 Å². The summed E-state index contributed by atoms with van der Waals surface area (Å²) < 4.78 is 16.8. The first-order chi connectivity index (χ1) is 61.9. The van der Waals surface area contributed by atoms with Crippen LogP contribution in [0.15, 0.2) is 101 Å². The van der Waals surface area contributed by atoms with Gasteiger partial charge >= 0.3 is 12.1 Å². The zero-order valence-electron chi connectivity index (χ0n) is 77.8. The van der Waals surface area contributed by atoms with Gasteiger partial charge in [-0.05, 0) is 98.1 Å². The molecular weight excluding hydrogens is 1740 g/mol. The molecule has 712 valence electrons. The van der Waals surface area contributed by atoms with Crippen LogP contribution in [-0.2, 0) is 81.5 Å². The van der Waals surface area contributed by atoms with E-state index in [-0.39, 0.29) is 170 Å². The lowest BCUT2D eigenvalue weighted by molar-refractivity contribution is -0.149. The molecule has 2 unspecified atom stereocenters. The fourth-order valence-electron chi connectivity index (χ4n) is 15.0. The average molecular weight is 1880 g/mol. The molecule has 2 saturated heterocycles. The number of thioether (sulfide) groups is 1. The van der Waals surface area contributed by atoms with Crippen LogP contribution in [0.1, 0.15) is 194 Å². The Labute approximate surface area is 779 Å². The number of aromatic amines is 1. The van der Waals surface area contributed by atoms with E-state index in [2.05, 4.69) is 91.0 Å². The highest BCUT2D eigenvalue weighted by molar-refractivity contribution is 8.76. The van der Waals surface area contributed by atoms with Gasteiger partial charge in [0.1, 0.15) is 35.6 Å². The summed E-state index contributed by atoms with van der Waals surface area (Å²) in [6.45, 7) is 18.9. The molecular formula is C93H133N15O18S4. The van der Waals surface area contributed by atoms with Gasteiger partial charge in [0.15, 0.2) is 16.9 Å². The number of thiazole rings is 1. The van der Waals surface area contributed by atoms with Crippen molar-refractivity contribution in [1.29, 1.82) is 0 Å². The average Bonchev–Trinajstić information content (AvgIpc) is 1.31. The molecule has 0 bridgehead atoms. The van der Waals surface area contributed by atoms with Crippen molar-refractivity contribution in [2.45, 2.75) is 207 Å². The first kappa shape index (κ1) is 109. The number of carbonyl (C=O) groups excluding carboxylic acids is 12. The summed E-state index contributed by atoms with van der Waals surface area (Å²) in [7, 11) is 14.8. The Bertz CT molecular complexity index is 4760. The highest BCUT2D eigenvalue weighted by Gasteiger charge is 2.45. The van der Waals surface area contributed by atoms with Crippen molar-refractivity contribution in [1.82, 2.24) is 65.4 Å². The maximum atomic E-state index is 14.5. The van der Waals surface area contributed by atoms with E-state index >= 15 is 0 Å². The minimum atomic E-state index is -1.31. The number of carboxylic acids is 1. The highest BCUT2D eigenvalue weighted by Crippen LogP contribution is 2.36. The summed E-state index contributed by atoms with van der Waals surface area (Å²) in [5.74, 6) is -2.95. The number of hydrogen-bond acceptors (Lipinski definition) is 28. The topological polar surface area (TPSA) is 445 Å². The van der Waals surface area contributed by atoms with Crippen LogP contribution in [0.4, 0.5) is 16.4 Å². The van der Waals surface area contributed by atoms with Crippen molar-refractivity contribution in [2.24, 2.45) is 35.5 Å². The van der Waals surface area contributed by atoms with Gasteiger partial charge in [-0.3, -0.25) is 67.4 Å². The normalized spacial score (nSPS) is 15.7. The van der Waals surface area contributed by atoms with Gasteiger partial charge in [0.05, 0.1) is 78.9 Å². The van der Waals surface area contributed by atoms with E-state index in [1.54, 1.807) is 81.0 Å². The largest absolute Gasteiger partial charge is 0.480 e. The number of methoxy groups -OCH3 is 3. The summed E-state index contributed by atoms with van der Waals surface area (Å²) in [5.41, 5.74) is 9.16. The van der Waals surface area contributed by atoms with Crippen molar-refractivity contribution < 1.29 is 81.6 Å². The zero-order chi connectivity index (χ0) is 95.8. The third kappa shape index (κ3) is 34.6. The lowest BCUT2D eigenvalue weighted by atomic mass is 9.82. The quantitative estimate of drug-likeness (QED) is 0.00613. The lowest BCUT2D eigenvalue weighted by Gasteiger charge is -2.41. The van der Waals surface area contributed by atoms with Crippen LogP contribution in [-0.4, -0.2) is 266 Å². The number of amides is 8. The first-order valence-electron chi connectivity index (χ1n) is 44.3. The Morgan fingerprint density at radius 1 is 0.762 bits per heavy atom. The molecule has 0 spiro atoms. The Hall–Kier alpha value is -10.1. The van der Waals surface area contributed by atoms with Gasteiger partial charge in [-0.25, -0.2) is 24.5 Å². The number of likely N-dealkylation sites (N-methyl/N-ethyl adjacent to an activating group) is 1. The number of H-pyrrole nitrogens is 1. The summed E-state index contributed by atoms with van der Waals surface area (Å²) >= 11 is 2.66. The Kier molecular flexibility index (Phi) is 46.8. The molecule has 5 heterocycles. The molecule has 130 heavy (non-hydrogen) atoms. The number of nitrogen functional groups attached to an aromatic ring is 1. The number of aliphatic carboxylic acids is 1. The maximum absolute atomic E-state index is 14.5. The third-order valence-corrected chi connectivity index (χ3v) is 27.9. The van der Waals surface area contributed by atoms with Crippen LogP contribution in [0, 0.1) is 35.5 Å². The second-order valence-corrected chi connectivity index (χ2v) is 38.4. The molecule has 6 aromatic rings. The number of ether oxygens (including phenoxy) is 3. The SMILES string of the molecule is CCSSCN(C)C(=O)OC.CC[C@H](C)[C@@H]([C@@H](CC(=O)N1CCC[C@H]1[C@H](OC)[C@@H](C)C(=O)C[C@@H](Cc1ccccc1)c1nc(C(=O)CCCc2ccccc2)cs1)OC)N(C)C(=O)[C@@H](CC(=O)[C@@H](C)C(C)C)C(C)C.CN(C)C(=O)CCCNC(=O)CN1C(=O)CC(SCCNCC(=O)CCC(NC(=O)c2ccc(NCc3cnc4nc(N)[nH]c(=O)c4n3)cc2)C(=O)O)C1=O. The van der Waals surface area contributed by atoms with Gasteiger partial charge in [-0.2, -0.15) is 4.98 Å². The van der Waals surface area contributed by atoms with Crippen LogP contribution >= 0.6 is 44.7 Å². The maximum Gasteiger partial charge on any atom is 0.409 e.